The zero-order chi connectivity index (χ0) is 13.8. The number of aryl methyl sites for hydroxylation is 1. The summed E-state index contributed by atoms with van der Waals surface area (Å²) in [7, 11) is 0. The van der Waals surface area contributed by atoms with Gasteiger partial charge in [0.1, 0.15) is 5.75 Å². The van der Waals surface area contributed by atoms with Gasteiger partial charge in [0.15, 0.2) is 16.6 Å². The third kappa shape index (κ3) is 3.52. The van der Waals surface area contributed by atoms with E-state index in [0.29, 0.717) is 5.13 Å². The highest BCUT2D eigenvalue weighted by Crippen LogP contribution is 2.28. The number of nitrogens with zero attached hydrogens (tertiary/aromatic N) is 1. The molecule has 0 aliphatic rings. The largest absolute Gasteiger partial charge is 0.482 e. The van der Waals surface area contributed by atoms with E-state index >= 15 is 0 Å². The number of carbonyl (C=O) groups is 2. The Bertz CT molecular complexity index is 592. The number of aromatic nitrogens is 1. The molecule has 2 N–H and O–H groups in total. The molecule has 2 aromatic rings. The summed E-state index contributed by atoms with van der Waals surface area (Å²) in [5, 5.41) is 13.7. The smallest absolute Gasteiger partial charge is 0.349 e. The molecule has 8 heteroatoms. The summed E-state index contributed by atoms with van der Waals surface area (Å²) in [5.74, 6) is -1.23. The number of carboxylic acid groups (broad SMARTS) is 1. The summed E-state index contributed by atoms with van der Waals surface area (Å²) in [6.07, 6.45) is 1.58. The quantitative estimate of drug-likeness (QED) is 0.883. The number of thiazole rings is 1. The minimum absolute atomic E-state index is 0.0968. The lowest BCUT2D eigenvalue weighted by molar-refractivity contribution is -0.118. The van der Waals surface area contributed by atoms with E-state index in [1.807, 2.05) is 0 Å². The Kier molecular flexibility index (Phi) is 4.13. The summed E-state index contributed by atoms with van der Waals surface area (Å²) >= 11 is 2.41. The SMILES string of the molecule is Cc1cc(OCC(=O)Nc2nccs2)c(C(=O)O)s1. The van der Waals surface area contributed by atoms with Gasteiger partial charge >= 0.3 is 5.97 Å². The van der Waals surface area contributed by atoms with E-state index in [1.54, 1.807) is 24.6 Å². The van der Waals surface area contributed by atoms with Crippen LogP contribution in [0.3, 0.4) is 0 Å². The lowest BCUT2D eigenvalue weighted by Gasteiger charge is -2.04. The predicted molar refractivity (Wildman–Crippen MR) is 72.3 cm³/mol. The molecule has 6 nitrogen and oxygen atoms in total. The van der Waals surface area contributed by atoms with Crippen LogP contribution in [0, 0.1) is 6.92 Å². The van der Waals surface area contributed by atoms with Gasteiger partial charge < -0.3 is 9.84 Å². The van der Waals surface area contributed by atoms with E-state index in [0.717, 1.165) is 16.2 Å². The molecular weight excluding hydrogens is 288 g/mol. The molecular formula is C11H10N2O4S2. The fourth-order valence-electron chi connectivity index (χ4n) is 1.33. The average Bonchev–Trinajstić information content (AvgIpc) is 2.96. The van der Waals surface area contributed by atoms with Gasteiger partial charge in [0.25, 0.3) is 5.91 Å². The van der Waals surface area contributed by atoms with Crippen molar-refractivity contribution < 1.29 is 19.4 Å². The van der Waals surface area contributed by atoms with Crippen LogP contribution in [0.15, 0.2) is 17.6 Å². The number of carboxylic acids is 1. The third-order valence-electron chi connectivity index (χ3n) is 2.05. The van der Waals surface area contributed by atoms with Crippen molar-refractivity contribution in [1.82, 2.24) is 4.98 Å². The number of hydrogen-bond acceptors (Lipinski definition) is 6. The molecule has 2 rings (SSSR count). The van der Waals surface area contributed by atoms with Gasteiger partial charge in [-0.1, -0.05) is 0 Å². The van der Waals surface area contributed by atoms with Crippen LogP contribution >= 0.6 is 22.7 Å². The van der Waals surface area contributed by atoms with Gasteiger partial charge in [-0.2, -0.15) is 0 Å². The number of aromatic carboxylic acids is 1. The molecule has 19 heavy (non-hydrogen) atoms. The Labute approximate surface area is 116 Å². The monoisotopic (exact) mass is 298 g/mol. The zero-order valence-corrected chi connectivity index (χ0v) is 11.5. The standard InChI is InChI=1S/C11H10N2O4S2/c1-6-4-7(9(19-6)10(15)16)17-5-8(14)13-11-12-2-3-18-11/h2-4H,5H2,1H3,(H,15,16)(H,12,13,14). The number of nitrogens with one attached hydrogen (secondary N) is 1. The summed E-state index contributed by atoms with van der Waals surface area (Å²) in [6.45, 7) is 1.52. The lowest BCUT2D eigenvalue weighted by atomic mass is 10.4. The summed E-state index contributed by atoms with van der Waals surface area (Å²) < 4.78 is 5.22. The maximum atomic E-state index is 11.6. The normalized spacial score (nSPS) is 10.2. The minimum Gasteiger partial charge on any atom is -0.482 e. The van der Waals surface area contributed by atoms with Crippen LogP contribution in [-0.2, 0) is 4.79 Å². The Morgan fingerprint density at radius 2 is 2.32 bits per heavy atom. The van der Waals surface area contributed by atoms with Gasteiger partial charge in [-0.15, -0.1) is 22.7 Å². The predicted octanol–water partition coefficient (Wildman–Crippen LogP) is 2.23. The molecule has 0 spiro atoms. The van der Waals surface area contributed by atoms with E-state index in [-0.39, 0.29) is 23.1 Å². The van der Waals surface area contributed by atoms with Crippen LogP contribution in [0.2, 0.25) is 0 Å². The molecule has 0 unspecified atom stereocenters. The Morgan fingerprint density at radius 1 is 1.53 bits per heavy atom. The van der Waals surface area contributed by atoms with E-state index in [2.05, 4.69) is 10.3 Å². The second kappa shape index (κ2) is 5.81. The van der Waals surface area contributed by atoms with Gasteiger partial charge in [-0.05, 0) is 13.0 Å². The summed E-state index contributed by atoms with van der Waals surface area (Å²) in [4.78, 5) is 27.3. The van der Waals surface area contributed by atoms with Gasteiger partial charge in [-0.25, -0.2) is 9.78 Å². The van der Waals surface area contributed by atoms with Gasteiger partial charge in [0.05, 0.1) is 0 Å². The number of carbonyl (C=O) groups excluding carboxylic acids is 1. The van der Waals surface area contributed by atoms with E-state index in [1.165, 1.54) is 11.3 Å². The molecule has 1 amide bonds. The first-order chi connectivity index (χ1) is 9.06. The van der Waals surface area contributed by atoms with Crippen molar-refractivity contribution in [3.63, 3.8) is 0 Å². The van der Waals surface area contributed by atoms with Gasteiger partial charge in [-0.3, -0.25) is 10.1 Å². The molecule has 0 atom stereocenters. The molecule has 0 aliphatic heterocycles. The molecule has 0 aromatic carbocycles. The van der Waals surface area contributed by atoms with Crippen LogP contribution < -0.4 is 10.1 Å². The van der Waals surface area contributed by atoms with Crippen LogP contribution in [0.25, 0.3) is 0 Å². The molecule has 100 valence electrons. The first-order valence-corrected chi connectivity index (χ1v) is 6.91. The molecule has 2 heterocycles. The molecule has 0 aliphatic carbocycles. The van der Waals surface area contributed by atoms with Crippen LogP contribution in [-0.4, -0.2) is 28.6 Å². The number of anilines is 1. The second-order valence-electron chi connectivity index (χ2n) is 3.53. The van der Waals surface area contributed by atoms with E-state index in [4.69, 9.17) is 9.84 Å². The van der Waals surface area contributed by atoms with Crippen LogP contribution in [0.1, 0.15) is 14.5 Å². The fraction of sp³-hybridized carbons (Fsp3) is 0.182. The maximum absolute atomic E-state index is 11.6. The van der Waals surface area contributed by atoms with Crippen molar-refractivity contribution in [2.45, 2.75) is 6.92 Å². The second-order valence-corrected chi connectivity index (χ2v) is 5.68. The molecule has 2 aromatic heterocycles. The van der Waals surface area contributed by atoms with Crippen molar-refractivity contribution in [2.24, 2.45) is 0 Å². The number of thiophene rings is 1. The van der Waals surface area contributed by atoms with Crippen molar-refractivity contribution in [2.75, 3.05) is 11.9 Å². The molecule has 0 bridgehead atoms. The highest BCUT2D eigenvalue weighted by molar-refractivity contribution is 7.14. The van der Waals surface area contributed by atoms with Gasteiger partial charge in [0, 0.05) is 16.5 Å². The zero-order valence-electron chi connectivity index (χ0n) is 9.87. The molecule has 0 radical (unpaired) electrons. The lowest BCUT2D eigenvalue weighted by Crippen LogP contribution is -2.20. The number of amides is 1. The van der Waals surface area contributed by atoms with E-state index in [9.17, 15) is 9.59 Å². The molecule has 0 fully saturated rings. The van der Waals surface area contributed by atoms with E-state index < -0.39 is 5.97 Å². The third-order valence-corrected chi connectivity index (χ3v) is 3.76. The first kappa shape index (κ1) is 13.5. The maximum Gasteiger partial charge on any atom is 0.349 e. The average molecular weight is 298 g/mol. The first-order valence-electron chi connectivity index (χ1n) is 5.22. The topological polar surface area (TPSA) is 88.5 Å². The Morgan fingerprint density at radius 3 is 2.95 bits per heavy atom. The highest BCUT2D eigenvalue weighted by Gasteiger charge is 2.16. The summed E-state index contributed by atoms with van der Waals surface area (Å²) in [5.41, 5.74) is 0. The molecule has 0 saturated carbocycles. The Hall–Kier alpha value is -1.93. The number of rotatable bonds is 5. The van der Waals surface area contributed by atoms with Crippen LogP contribution in [0.4, 0.5) is 5.13 Å². The minimum atomic E-state index is -1.06. The van der Waals surface area contributed by atoms with Crippen molar-refractivity contribution >= 4 is 39.7 Å². The van der Waals surface area contributed by atoms with Crippen molar-refractivity contribution in [1.29, 1.82) is 0 Å². The molecule has 0 saturated heterocycles. The number of ether oxygens (including phenoxy) is 1. The highest BCUT2D eigenvalue weighted by atomic mass is 32.1. The Balaban J connectivity index is 1.95. The van der Waals surface area contributed by atoms with Crippen LogP contribution in [0.5, 0.6) is 5.75 Å². The van der Waals surface area contributed by atoms with Crippen molar-refractivity contribution in [3.05, 3.63) is 27.4 Å². The van der Waals surface area contributed by atoms with Crippen molar-refractivity contribution in [3.8, 4) is 5.75 Å². The van der Waals surface area contributed by atoms with Gasteiger partial charge in [0.2, 0.25) is 0 Å². The number of hydrogen-bond donors (Lipinski definition) is 2. The summed E-state index contributed by atoms with van der Waals surface area (Å²) in [6, 6.07) is 1.60. The fourth-order valence-corrected chi connectivity index (χ4v) is 2.67.